The second-order valence-electron chi connectivity index (χ2n) is 5.88. The van der Waals surface area contributed by atoms with Crippen molar-refractivity contribution < 1.29 is 18.7 Å². The first kappa shape index (κ1) is 15.8. The van der Waals surface area contributed by atoms with E-state index in [0.29, 0.717) is 17.9 Å². The number of nitrogens with one attached hydrogen (secondary N) is 1. The number of esters is 1. The first-order chi connectivity index (χ1) is 9.90. The van der Waals surface area contributed by atoms with E-state index in [-0.39, 0.29) is 23.4 Å². The number of anilines is 1. The SMILES string of the molecule is CCOC1CC(Nc2cc(F)ccc2C(=O)OC)C1(C)C. The van der Waals surface area contributed by atoms with Gasteiger partial charge in [-0.2, -0.15) is 0 Å². The lowest BCUT2D eigenvalue weighted by molar-refractivity contribution is -0.0976. The van der Waals surface area contributed by atoms with Gasteiger partial charge in [0, 0.05) is 18.1 Å². The zero-order chi connectivity index (χ0) is 15.6. The molecule has 0 saturated heterocycles. The molecular formula is C16H22FNO3. The van der Waals surface area contributed by atoms with Crippen LogP contribution in [0.15, 0.2) is 18.2 Å². The normalized spacial score (nSPS) is 23.3. The largest absolute Gasteiger partial charge is 0.465 e. The Morgan fingerprint density at radius 1 is 1.48 bits per heavy atom. The van der Waals surface area contributed by atoms with Gasteiger partial charge in [-0.25, -0.2) is 9.18 Å². The summed E-state index contributed by atoms with van der Waals surface area (Å²) in [6.45, 7) is 6.85. The third-order valence-electron chi connectivity index (χ3n) is 4.26. The maximum absolute atomic E-state index is 13.5. The van der Waals surface area contributed by atoms with Gasteiger partial charge in [0.05, 0.1) is 24.5 Å². The van der Waals surface area contributed by atoms with Crippen LogP contribution in [0.1, 0.15) is 37.6 Å². The highest BCUT2D eigenvalue weighted by Crippen LogP contribution is 2.44. The van der Waals surface area contributed by atoms with Gasteiger partial charge in [0.15, 0.2) is 0 Å². The molecule has 1 aromatic carbocycles. The molecule has 0 aromatic heterocycles. The van der Waals surface area contributed by atoms with Gasteiger partial charge >= 0.3 is 5.97 Å². The molecule has 2 rings (SSSR count). The molecular weight excluding hydrogens is 273 g/mol. The van der Waals surface area contributed by atoms with Gasteiger partial charge in [-0.05, 0) is 31.5 Å². The predicted molar refractivity (Wildman–Crippen MR) is 79.0 cm³/mol. The Hall–Kier alpha value is -1.62. The second-order valence-corrected chi connectivity index (χ2v) is 5.88. The van der Waals surface area contributed by atoms with Crippen molar-refractivity contribution in [1.29, 1.82) is 0 Å². The molecule has 1 fully saturated rings. The summed E-state index contributed by atoms with van der Waals surface area (Å²) in [6.07, 6.45) is 1.01. The molecule has 0 radical (unpaired) electrons. The number of methoxy groups -OCH3 is 1. The van der Waals surface area contributed by atoms with E-state index in [1.54, 1.807) is 0 Å². The Balaban J connectivity index is 2.17. The van der Waals surface area contributed by atoms with Crippen LogP contribution < -0.4 is 5.32 Å². The maximum atomic E-state index is 13.5. The Bertz CT molecular complexity index is 530. The van der Waals surface area contributed by atoms with E-state index in [4.69, 9.17) is 9.47 Å². The molecule has 2 unspecified atom stereocenters. The van der Waals surface area contributed by atoms with E-state index in [2.05, 4.69) is 19.2 Å². The van der Waals surface area contributed by atoms with Gasteiger partial charge in [-0.15, -0.1) is 0 Å². The number of hydrogen-bond donors (Lipinski definition) is 1. The van der Waals surface area contributed by atoms with Crippen molar-refractivity contribution in [2.45, 2.75) is 39.3 Å². The van der Waals surface area contributed by atoms with E-state index in [9.17, 15) is 9.18 Å². The summed E-state index contributed by atoms with van der Waals surface area (Å²) in [5.41, 5.74) is 0.736. The first-order valence-corrected chi connectivity index (χ1v) is 7.16. The zero-order valence-corrected chi connectivity index (χ0v) is 12.9. The van der Waals surface area contributed by atoms with Crippen molar-refractivity contribution >= 4 is 11.7 Å². The van der Waals surface area contributed by atoms with Crippen LogP contribution in [0.4, 0.5) is 10.1 Å². The minimum absolute atomic E-state index is 0.0737. The van der Waals surface area contributed by atoms with Gasteiger partial charge in [-0.1, -0.05) is 13.8 Å². The van der Waals surface area contributed by atoms with Gasteiger partial charge in [0.25, 0.3) is 0 Å². The van der Waals surface area contributed by atoms with Crippen LogP contribution in [0, 0.1) is 11.2 Å². The fraction of sp³-hybridized carbons (Fsp3) is 0.562. The summed E-state index contributed by atoms with van der Waals surface area (Å²) in [5.74, 6) is -0.861. The highest BCUT2D eigenvalue weighted by molar-refractivity contribution is 5.95. The number of benzene rings is 1. The van der Waals surface area contributed by atoms with Crippen molar-refractivity contribution in [2.75, 3.05) is 19.0 Å². The molecule has 21 heavy (non-hydrogen) atoms. The van der Waals surface area contributed by atoms with Crippen LogP contribution in [0.2, 0.25) is 0 Å². The highest BCUT2D eigenvalue weighted by Gasteiger charge is 2.49. The molecule has 1 aliphatic rings. The number of hydrogen-bond acceptors (Lipinski definition) is 4. The van der Waals surface area contributed by atoms with Gasteiger partial charge in [-0.3, -0.25) is 0 Å². The number of rotatable bonds is 5. The fourth-order valence-electron chi connectivity index (χ4n) is 2.73. The first-order valence-electron chi connectivity index (χ1n) is 7.16. The number of carbonyl (C=O) groups excluding carboxylic acids is 1. The smallest absolute Gasteiger partial charge is 0.339 e. The van der Waals surface area contributed by atoms with E-state index < -0.39 is 5.97 Å². The van der Waals surface area contributed by atoms with Crippen LogP contribution in [0.25, 0.3) is 0 Å². The minimum atomic E-state index is -0.476. The molecule has 1 aliphatic carbocycles. The average molecular weight is 295 g/mol. The summed E-state index contributed by atoms with van der Waals surface area (Å²) >= 11 is 0. The predicted octanol–water partition coefficient (Wildman–Crippen LogP) is 3.23. The molecule has 116 valence electrons. The average Bonchev–Trinajstić information content (AvgIpc) is 2.45. The van der Waals surface area contributed by atoms with Crippen LogP contribution in [-0.4, -0.2) is 31.8 Å². The van der Waals surface area contributed by atoms with E-state index >= 15 is 0 Å². The molecule has 4 nitrogen and oxygen atoms in total. The quantitative estimate of drug-likeness (QED) is 0.847. The second kappa shape index (κ2) is 6.02. The molecule has 2 atom stereocenters. The van der Waals surface area contributed by atoms with Gasteiger partial charge < -0.3 is 14.8 Å². The standard InChI is InChI=1S/C16H22FNO3/c1-5-21-14-9-13(16(14,2)3)18-12-8-10(17)6-7-11(12)15(19)20-4/h6-8,13-14,18H,5,9H2,1-4H3. The van der Waals surface area contributed by atoms with Crippen molar-refractivity contribution in [1.82, 2.24) is 0 Å². The number of ether oxygens (including phenoxy) is 2. The topological polar surface area (TPSA) is 47.6 Å². The Kier molecular flexibility index (Phi) is 4.52. The van der Waals surface area contributed by atoms with Crippen LogP contribution in [0.5, 0.6) is 0 Å². The minimum Gasteiger partial charge on any atom is -0.465 e. The summed E-state index contributed by atoms with van der Waals surface area (Å²) in [7, 11) is 1.31. The van der Waals surface area contributed by atoms with Crippen LogP contribution in [0.3, 0.4) is 0 Å². The molecule has 0 amide bonds. The van der Waals surface area contributed by atoms with Crippen molar-refractivity contribution in [3.05, 3.63) is 29.6 Å². The highest BCUT2D eigenvalue weighted by atomic mass is 19.1. The van der Waals surface area contributed by atoms with E-state index in [1.165, 1.54) is 25.3 Å². The third-order valence-corrected chi connectivity index (χ3v) is 4.26. The van der Waals surface area contributed by atoms with Crippen LogP contribution >= 0.6 is 0 Å². The monoisotopic (exact) mass is 295 g/mol. The molecule has 1 N–H and O–H groups in total. The Morgan fingerprint density at radius 2 is 2.19 bits per heavy atom. The molecule has 1 saturated carbocycles. The van der Waals surface area contributed by atoms with E-state index in [0.717, 1.165) is 6.42 Å². The molecule has 0 aliphatic heterocycles. The third kappa shape index (κ3) is 3.02. The fourth-order valence-corrected chi connectivity index (χ4v) is 2.73. The lowest BCUT2D eigenvalue weighted by atomic mass is 9.64. The van der Waals surface area contributed by atoms with Crippen molar-refractivity contribution in [2.24, 2.45) is 5.41 Å². The van der Waals surface area contributed by atoms with Gasteiger partial charge in [0.2, 0.25) is 0 Å². The zero-order valence-electron chi connectivity index (χ0n) is 12.9. The summed E-state index contributed by atoms with van der Waals surface area (Å²) in [6, 6.07) is 4.15. The summed E-state index contributed by atoms with van der Waals surface area (Å²) in [5, 5.41) is 3.26. The van der Waals surface area contributed by atoms with Crippen LogP contribution in [-0.2, 0) is 9.47 Å². The van der Waals surface area contributed by atoms with Gasteiger partial charge in [0.1, 0.15) is 5.82 Å². The molecule has 0 heterocycles. The maximum Gasteiger partial charge on any atom is 0.339 e. The molecule has 1 aromatic rings. The summed E-state index contributed by atoms with van der Waals surface area (Å²) < 4.78 is 23.9. The van der Waals surface area contributed by atoms with Crippen molar-refractivity contribution in [3.63, 3.8) is 0 Å². The molecule has 5 heteroatoms. The van der Waals surface area contributed by atoms with E-state index in [1.807, 2.05) is 6.92 Å². The number of halogens is 1. The molecule has 0 bridgehead atoms. The number of carbonyl (C=O) groups is 1. The summed E-state index contributed by atoms with van der Waals surface area (Å²) in [4.78, 5) is 11.8. The lowest BCUT2D eigenvalue weighted by Crippen LogP contribution is -2.58. The molecule has 0 spiro atoms. The Labute approximate surface area is 124 Å². The van der Waals surface area contributed by atoms with Crippen molar-refractivity contribution in [3.8, 4) is 0 Å². The Morgan fingerprint density at radius 3 is 2.76 bits per heavy atom. The lowest BCUT2D eigenvalue weighted by Gasteiger charge is -2.52.